The van der Waals surface area contributed by atoms with Crippen LogP contribution in [0.15, 0.2) is 53.0 Å². The Kier molecular flexibility index (Phi) is 5.93. The average molecular weight is 404 g/mol. The molecule has 1 aliphatic rings. The van der Waals surface area contributed by atoms with Gasteiger partial charge in [0.1, 0.15) is 5.52 Å². The Labute approximate surface area is 174 Å². The molecule has 1 atom stereocenters. The summed E-state index contributed by atoms with van der Waals surface area (Å²) in [6.07, 6.45) is 7.30. The fourth-order valence-electron chi connectivity index (χ4n) is 3.67. The van der Waals surface area contributed by atoms with Gasteiger partial charge < -0.3 is 14.5 Å². The quantitative estimate of drug-likeness (QED) is 0.493. The number of esters is 1. The minimum absolute atomic E-state index is 0.154. The average Bonchev–Trinajstić information content (AvgIpc) is 3.19. The molecule has 0 saturated heterocycles. The van der Waals surface area contributed by atoms with Gasteiger partial charge in [-0.2, -0.15) is 0 Å². The number of nitrogens with zero attached hydrogens (tertiary/aromatic N) is 1. The van der Waals surface area contributed by atoms with E-state index in [1.54, 1.807) is 6.07 Å². The van der Waals surface area contributed by atoms with Crippen LogP contribution >= 0.6 is 0 Å². The first-order valence-electron chi connectivity index (χ1n) is 10.2. The van der Waals surface area contributed by atoms with Crippen molar-refractivity contribution in [1.29, 1.82) is 0 Å². The lowest BCUT2D eigenvalue weighted by atomic mass is 9.89. The van der Waals surface area contributed by atoms with Crippen LogP contribution in [0.4, 0.5) is 0 Å². The molecule has 3 aromatic rings. The van der Waals surface area contributed by atoms with E-state index in [2.05, 4.69) is 28.5 Å². The Morgan fingerprint density at radius 2 is 1.97 bits per heavy atom. The van der Waals surface area contributed by atoms with Gasteiger partial charge in [-0.15, -0.1) is 0 Å². The van der Waals surface area contributed by atoms with Crippen LogP contribution in [0.25, 0.3) is 17.2 Å². The van der Waals surface area contributed by atoms with Gasteiger partial charge in [-0.25, -0.2) is 9.78 Å². The summed E-state index contributed by atoms with van der Waals surface area (Å²) < 4.78 is 10.5. The summed E-state index contributed by atoms with van der Waals surface area (Å²) >= 11 is 0. The number of benzene rings is 2. The summed E-state index contributed by atoms with van der Waals surface area (Å²) in [7, 11) is 0. The molecule has 0 saturated carbocycles. The Balaban J connectivity index is 1.27. The number of carbonyl (C=O) groups excluding carboxylic acids is 2. The van der Waals surface area contributed by atoms with E-state index in [-0.39, 0.29) is 18.6 Å². The third-order valence-corrected chi connectivity index (χ3v) is 5.27. The van der Waals surface area contributed by atoms with Gasteiger partial charge in [-0.1, -0.05) is 30.3 Å². The first-order chi connectivity index (χ1) is 14.6. The van der Waals surface area contributed by atoms with E-state index in [0.717, 1.165) is 18.4 Å². The minimum Gasteiger partial charge on any atom is -0.452 e. The van der Waals surface area contributed by atoms with Crippen molar-refractivity contribution in [2.75, 3.05) is 6.61 Å². The van der Waals surface area contributed by atoms with Crippen molar-refractivity contribution in [2.24, 2.45) is 0 Å². The standard InChI is InChI=1S/C24H24N2O4/c1-16(18-11-10-17-6-2-3-7-19(17)14-18)25-22(27)15-29-24(28)13-12-23-26-20-8-4-5-9-21(20)30-23/h4-5,8-14,16H,2-3,6-7,15H2,1H3,(H,25,27)/b13-12+/t16-/m1/s1. The number of hydrogen-bond acceptors (Lipinski definition) is 5. The summed E-state index contributed by atoms with van der Waals surface area (Å²) in [5, 5.41) is 2.88. The molecule has 154 valence electrons. The zero-order valence-electron chi connectivity index (χ0n) is 16.9. The van der Waals surface area contributed by atoms with Gasteiger partial charge in [0.2, 0.25) is 5.89 Å². The van der Waals surface area contributed by atoms with E-state index in [9.17, 15) is 9.59 Å². The summed E-state index contributed by atoms with van der Waals surface area (Å²) in [5.41, 5.74) is 5.19. The minimum atomic E-state index is -0.631. The first-order valence-corrected chi connectivity index (χ1v) is 10.2. The van der Waals surface area contributed by atoms with Crippen LogP contribution in [0.5, 0.6) is 0 Å². The molecule has 6 nitrogen and oxygen atoms in total. The lowest BCUT2D eigenvalue weighted by Gasteiger charge is -2.20. The van der Waals surface area contributed by atoms with Gasteiger partial charge in [0, 0.05) is 12.2 Å². The molecule has 0 radical (unpaired) electrons. The highest BCUT2D eigenvalue weighted by Gasteiger charge is 2.15. The van der Waals surface area contributed by atoms with Crippen LogP contribution < -0.4 is 5.32 Å². The zero-order valence-corrected chi connectivity index (χ0v) is 16.9. The number of amides is 1. The van der Waals surface area contributed by atoms with E-state index in [4.69, 9.17) is 9.15 Å². The lowest BCUT2D eigenvalue weighted by Crippen LogP contribution is -2.31. The van der Waals surface area contributed by atoms with Gasteiger partial charge in [0.15, 0.2) is 12.2 Å². The number of aryl methyl sites for hydroxylation is 2. The molecule has 1 N–H and O–H groups in total. The van der Waals surface area contributed by atoms with E-state index in [1.807, 2.05) is 25.1 Å². The third-order valence-electron chi connectivity index (χ3n) is 5.27. The van der Waals surface area contributed by atoms with Crippen molar-refractivity contribution in [2.45, 2.75) is 38.6 Å². The Bertz CT molecular complexity index is 1070. The highest BCUT2D eigenvalue weighted by Crippen LogP contribution is 2.24. The number of fused-ring (bicyclic) bond motifs is 2. The van der Waals surface area contributed by atoms with Gasteiger partial charge in [-0.05, 0) is 61.4 Å². The predicted molar refractivity (Wildman–Crippen MR) is 114 cm³/mol. The molecule has 2 aromatic carbocycles. The van der Waals surface area contributed by atoms with Gasteiger partial charge >= 0.3 is 5.97 Å². The summed E-state index contributed by atoms with van der Waals surface area (Å²) in [4.78, 5) is 28.3. The highest BCUT2D eigenvalue weighted by molar-refractivity contribution is 5.89. The van der Waals surface area contributed by atoms with Gasteiger partial charge in [-0.3, -0.25) is 4.79 Å². The van der Waals surface area contributed by atoms with Crippen molar-refractivity contribution in [3.05, 3.63) is 71.1 Å². The number of oxazole rings is 1. The molecular weight excluding hydrogens is 380 g/mol. The van der Waals surface area contributed by atoms with Crippen molar-refractivity contribution in [3.8, 4) is 0 Å². The van der Waals surface area contributed by atoms with E-state index < -0.39 is 5.97 Å². The SMILES string of the molecule is C[C@@H](NC(=O)COC(=O)/C=C/c1nc2ccccc2o1)c1ccc2c(c1)CCCC2. The van der Waals surface area contributed by atoms with Crippen LogP contribution in [-0.4, -0.2) is 23.5 Å². The molecule has 0 spiro atoms. The molecule has 1 heterocycles. The fraction of sp³-hybridized carbons (Fsp3) is 0.292. The normalized spacial score (nSPS) is 14.4. The molecule has 0 aliphatic heterocycles. The second-order valence-electron chi connectivity index (χ2n) is 7.49. The maximum atomic E-state index is 12.2. The van der Waals surface area contributed by atoms with Crippen molar-refractivity contribution in [1.82, 2.24) is 10.3 Å². The van der Waals surface area contributed by atoms with Gasteiger partial charge in [0.05, 0.1) is 6.04 Å². The third kappa shape index (κ3) is 4.76. The van der Waals surface area contributed by atoms with Crippen LogP contribution in [0.1, 0.15) is 48.4 Å². The molecule has 0 unspecified atom stereocenters. The van der Waals surface area contributed by atoms with Crippen molar-refractivity contribution in [3.63, 3.8) is 0 Å². The molecular formula is C24H24N2O4. The maximum absolute atomic E-state index is 12.2. The van der Waals surface area contributed by atoms with E-state index >= 15 is 0 Å². The number of rotatable bonds is 6. The first kappa shape index (κ1) is 19.9. The van der Waals surface area contributed by atoms with Crippen LogP contribution in [0.3, 0.4) is 0 Å². The zero-order chi connectivity index (χ0) is 20.9. The van der Waals surface area contributed by atoms with Crippen LogP contribution in [0.2, 0.25) is 0 Å². The number of hydrogen-bond donors (Lipinski definition) is 1. The number of carbonyl (C=O) groups is 2. The Morgan fingerprint density at radius 1 is 1.17 bits per heavy atom. The molecule has 1 amide bonds. The van der Waals surface area contributed by atoms with Crippen molar-refractivity contribution >= 4 is 29.1 Å². The maximum Gasteiger partial charge on any atom is 0.331 e. The van der Waals surface area contributed by atoms with E-state index in [0.29, 0.717) is 17.0 Å². The number of para-hydroxylation sites is 2. The molecule has 4 rings (SSSR count). The second-order valence-corrected chi connectivity index (χ2v) is 7.49. The van der Waals surface area contributed by atoms with Crippen LogP contribution in [0, 0.1) is 0 Å². The smallest absolute Gasteiger partial charge is 0.331 e. The number of aromatic nitrogens is 1. The Hall–Kier alpha value is -3.41. The topological polar surface area (TPSA) is 81.4 Å². The monoisotopic (exact) mass is 404 g/mol. The molecule has 6 heteroatoms. The molecule has 0 bridgehead atoms. The molecule has 1 aliphatic carbocycles. The fourth-order valence-corrected chi connectivity index (χ4v) is 3.67. The van der Waals surface area contributed by atoms with Crippen LogP contribution in [-0.2, 0) is 27.2 Å². The molecule has 30 heavy (non-hydrogen) atoms. The van der Waals surface area contributed by atoms with Gasteiger partial charge in [0.25, 0.3) is 5.91 Å². The second kappa shape index (κ2) is 8.95. The number of nitrogens with one attached hydrogen (secondary N) is 1. The Morgan fingerprint density at radius 3 is 2.80 bits per heavy atom. The lowest BCUT2D eigenvalue weighted by molar-refractivity contribution is -0.144. The molecule has 1 aromatic heterocycles. The summed E-state index contributed by atoms with van der Waals surface area (Å²) in [5.74, 6) is -0.670. The largest absolute Gasteiger partial charge is 0.452 e. The highest BCUT2D eigenvalue weighted by atomic mass is 16.5. The summed E-state index contributed by atoms with van der Waals surface area (Å²) in [6.45, 7) is 1.59. The predicted octanol–water partition coefficient (Wildman–Crippen LogP) is 4.14. The summed E-state index contributed by atoms with van der Waals surface area (Å²) in [6, 6.07) is 13.6. The van der Waals surface area contributed by atoms with Crippen molar-refractivity contribution < 1.29 is 18.7 Å². The number of ether oxygens (including phenoxy) is 1. The molecule has 0 fully saturated rings. The van der Waals surface area contributed by atoms with E-state index in [1.165, 1.54) is 36.1 Å².